The Balaban J connectivity index is 1.99. The van der Waals surface area contributed by atoms with Crippen LogP contribution in [-0.4, -0.2) is 34.2 Å². The lowest BCUT2D eigenvalue weighted by molar-refractivity contribution is 0.105. The fraction of sp³-hybridized carbons (Fsp3) is 0.714. The van der Waals surface area contributed by atoms with Crippen LogP contribution in [0.2, 0.25) is 0 Å². The summed E-state index contributed by atoms with van der Waals surface area (Å²) >= 11 is 1.50. The Labute approximate surface area is 131 Å². The van der Waals surface area contributed by atoms with E-state index < -0.39 is 10.0 Å². The highest BCUT2D eigenvalue weighted by Gasteiger charge is 2.23. The molecule has 0 saturated carbocycles. The van der Waals surface area contributed by atoms with Crippen LogP contribution < -0.4 is 10.0 Å². The Morgan fingerprint density at radius 2 is 2.29 bits per heavy atom. The molecule has 7 heteroatoms. The van der Waals surface area contributed by atoms with Crippen LogP contribution in [0.1, 0.15) is 36.6 Å². The van der Waals surface area contributed by atoms with Crippen LogP contribution in [0.5, 0.6) is 0 Å². The van der Waals surface area contributed by atoms with Gasteiger partial charge in [-0.1, -0.05) is 6.92 Å². The van der Waals surface area contributed by atoms with Crippen molar-refractivity contribution in [1.82, 2.24) is 10.0 Å². The van der Waals surface area contributed by atoms with Crippen LogP contribution in [0.4, 0.5) is 0 Å². The molecule has 0 radical (unpaired) electrons. The van der Waals surface area contributed by atoms with Gasteiger partial charge in [-0.3, -0.25) is 0 Å². The molecule has 0 aliphatic carbocycles. The van der Waals surface area contributed by atoms with Gasteiger partial charge in [0.25, 0.3) is 0 Å². The van der Waals surface area contributed by atoms with Crippen LogP contribution in [0.25, 0.3) is 0 Å². The smallest absolute Gasteiger partial charge is 0.241 e. The third-order valence-electron chi connectivity index (χ3n) is 3.58. The van der Waals surface area contributed by atoms with Crippen molar-refractivity contribution in [1.29, 1.82) is 0 Å². The zero-order valence-corrected chi connectivity index (χ0v) is 14.3. The van der Waals surface area contributed by atoms with E-state index in [1.54, 1.807) is 0 Å². The molecule has 0 amide bonds. The average Bonchev–Trinajstić information content (AvgIpc) is 3.06. The van der Waals surface area contributed by atoms with Crippen molar-refractivity contribution in [2.24, 2.45) is 0 Å². The first kappa shape index (κ1) is 16.9. The van der Waals surface area contributed by atoms with Gasteiger partial charge in [0.05, 0.1) is 6.10 Å². The second-order valence-corrected chi connectivity index (χ2v) is 7.94. The third-order valence-corrected chi connectivity index (χ3v) is 6.50. The molecule has 1 aliphatic heterocycles. The molecule has 1 aromatic rings. The zero-order chi connectivity index (χ0) is 15.3. The predicted molar refractivity (Wildman–Crippen MR) is 85.2 cm³/mol. The fourth-order valence-electron chi connectivity index (χ4n) is 2.51. The van der Waals surface area contributed by atoms with E-state index in [0.717, 1.165) is 42.9 Å². The first-order chi connectivity index (χ1) is 10.0. The minimum atomic E-state index is -3.44. The van der Waals surface area contributed by atoms with Gasteiger partial charge in [0, 0.05) is 24.6 Å². The highest BCUT2D eigenvalue weighted by atomic mass is 32.2. The van der Waals surface area contributed by atoms with E-state index in [9.17, 15) is 8.42 Å². The molecule has 2 rings (SSSR count). The van der Waals surface area contributed by atoms with Crippen LogP contribution in [0.15, 0.2) is 10.3 Å². The lowest BCUT2D eigenvalue weighted by Crippen LogP contribution is -2.28. The van der Waals surface area contributed by atoms with Gasteiger partial charge < -0.3 is 10.1 Å². The molecule has 2 heterocycles. The molecule has 0 spiro atoms. The first-order valence-corrected chi connectivity index (χ1v) is 9.80. The maximum absolute atomic E-state index is 12.5. The fourth-order valence-corrected chi connectivity index (χ4v) is 5.33. The first-order valence-electron chi connectivity index (χ1n) is 7.43. The SMILES string of the molecule is CCNCc1scc(C)c1S(=O)(=O)NCCC1CCCO1. The molecular formula is C14H24N2O3S2. The zero-order valence-electron chi connectivity index (χ0n) is 12.6. The molecule has 1 aliphatic rings. The second-order valence-electron chi connectivity index (χ2n) is 5.27. The number of nitrogens with one attached hydrogen (secondary N) is 2. The Morgan fingerprint density at radius 3 is 2.95 bits per heavy atom. The molecule has 0 aromatic carbocycles. The van der Waals surface area contributed by atoms with Crippen molar-refractivity contribution in [3.63, 3.8) is 0 Å². The van der Waals surface area contributed by atoms with Crippen LogP contribution in [0.3, 0.4) is 0 Å². The third kappa shape index (κ3) is 4.50. The minimum absolute atomic E-state index is 0.206. The number of rotatable bonds is 8. The van der Waals surface area contributed by atoms with Gasteiger partial charge in [0.1, 0.15) is 4.90 Å². The van der Waals surface area contributed by atoms with Crippen molar-refractivity contribution in [2.75, 3.05) is 19.7 Å². The van der Waals surface area contributed by atoms with Crippen LogP contribution >= 0.6 is 11.3 Å². The van der Waals surface area contributed by atoms with Crippen LogP contribution in [-0.2, 0) is 21.3 Å². The van der Waals surface area contributed by atoms with Crippen molar-refractivity contribution in [2.45, 2.75) is 50.7 Å². The summed E-state index contributed by atoms with van der Waals surface area (Å²) in [7, 11) is -3.44. The summed E-state index contributed by atoms with van der Waals surface area (Å²) in [4.78, 5) is 1.32. The number of ether oxygens (including phenoxy) is 1. The molecule has 1 aromatic heterocycles. The van der Waals surface area contributed by atoms with Gasteiger partial charge in [0.2, 0.25) is 10.0 Å². The Bertz CT molecular complexity index is 549. The summed E-state index contributed by atoms with van der Waals surface area (Å²) in [5, 5.41) is 5.09. The molecule has 0 bridgehead atoms. The second kappa shape index (κ2) is 7.69. The molecule has 120 valence electrons. The molecule has 5 nitrogen and oxygen atoms in total. The minimum Gasteiger partial charge on any atom is -0.378 e. The molecule has 21 heavy (non-hydrogen) atoms. The highest BCUT2D eigenvalue weighted by molar-refractivity contribution is 7.89. The van der Waals surface area contributed by atoms with E-state index in [-0.39, 0.29) is 6.10 Å². The molecule has 1 unspecified atom stereocenters. The Morgan fingerprint density at radius 1 is 1.48 bits per heavy atom. The standard InChI is InChI=1S/C14H24N2O3S2/c1-3-15-9-13-14(11(2)10-20-13)21(17,18)16-7-6-12-5-4-8-19-12/h10,12,15-16H,3-9H2,1-2H3. The molecule has 1 saturated heterocycles. The highest BCUT2D eigenvalue weighted by Crippen LogP contribution is 2.26. The Hall–Kier alpha value is -0.470. The largest absolute Gasteiger partial charge is 0.378 e. The number of hydrogen-bond donors (Lipinski definition) is 2. The maximum atomic E-state index is 12.5. The molecule has 2 N–H and O–H groups in total. The van der Waals surface area contributed by atoms with Gasteiger partial charge in [-0.2, -0.15) is 0 Å². The van der Waals surface area contributed by atoms with E-state index in [0.29, 0.717) is 18.0 Å². The van der Waals surface area contributed by atoms with Gasteiger partial charge in [-0.15, -0.1) is 11.3 Å². The number of sulfonamides is 1. The number of hydrogen-bond acceptors (Lipinski definition) is 5. The summed E-state index contributed by atoms with van der Waals surface area (Å²) < 4.78 is 33.2. The maximum Gasteiger partial charge on any atom is 0.241 e. The van der Waals surface area contributed by atoms with Crippen molar-refractivity contribution < 1.29 is 13.2 Å². The topological polar surface area (TPSA) is 67.4 Å². The summed E-state index contributed by atoms with van der Waals surface area (Å²) in [5.74, 6) is 0. The Kier molecular flexibility index (Phi) is 6.19. The lowest BCUT2D eigenvalue weighted by Gasteiger charge is -2.12. The van der Waals surface area contributed by atoms with Gasteiger partial charge in [-0.25, -0.2) is 13.1 Å². The van der Waals surface area contributed by atoms with Crippen molar-refractivity contribution in [3.8, 4) is 0 Å². The van der Waals surface area contributed by atoms with Gasteiger partial charge in [-0.05, 0) is 43.7 Å². The van der Waals surface area contributed by atoms with Crippen molar-refractivity contribution in [3.05, 3.63) is 15.8 Å². The van der Waals surface area contributed by atoms with Crippen molar-refractivity contribution >= 4 is 21.4 Å². The quantitative estimate of drug-likeness (QED) is 0.764. The van der Waals surface area contributed by atoms with E-state index in [2.05, 4.69) is 10.0 Å². The van der Waals surface area contributed by atoms with E-state index in [1.807, 2.05) is 19.2 Å². The van der Waals surface area contributed by atoms with Crippen LogP contribution in [0, 0.1) is 6.92 Å². The van der Waals surface area contributed by atoms with E-state index in [1.165, 1.54) is 11.3 Å². The number of aryl methyl sites for hydroxylation is 1. The monoisotopic (exact) mass is 332 g/mol. The normalized spacial score (nSPS) is 19.2. The van der Waals surface area contributed by atoms with Gasteiger partial charge >= 0.3 is 0 Å². The summed E-state index contributed by atoms with van der Waals surface area (Å²) in [5.41, 5.74) is 0.817. The molecule has 1 atom stereocenters. The number of thiophene rings is 1. The lowest BCUT2D eigenvalue weighted by atomic mass is 10.2. The molecular weight excluding hydrogens is 308 g/mol. The average molecular weight is 332 g/mol. The van der Waals surface area contributed by atoms with Gasteiger partial charge in [0.15, 0.2) is 0 Å². The van der Waals surface area contributed by atoms with E-state index in [4.69, 9.17) is 4.74 Å². The summed E-state index contributed by atoms with van der Waals surface area (Å²) in [6.07, 6.45) is 3.06. The molecule has 1 fully saturated rings. The summed E-state index contributed by atoms with van der Waals surface area (Å²) in [6.45, 7) is 6.51. The predicted octanol–water partition coefficient (Wildman–Crippen LogP) is 2.01. The summed E-state index contributed by atoms with van der Waals surface area (Å²) in [6, 6.07) is 0. The van der Waals surface area contributed by atoms with E-state index >= 15 is 0 Å².